The molecule has 0 bridgehead atoms. The first-order valence-corrected chi connectivity index (χ1v) is 3.17. The van der Waals surface area contributed by atoms with E-state index in [1.807, 2.05) is 0 Å². The molecule has 4 heteroatoms. The zero-order valence-corrected chi connectivity index (χ0v) is 6.20. The first kappa shape index (κ1) is 9.63. The summed E-state index contributed by atoms with van der Waals surface area (Å²) in [5.74, 6) is -1.87. The molecule has 11 heavy (non-hydrogen) atoms. The highest BCUT2D eigenvalue weighted by Crippen LogP contribution is 2.06. The van der Waals surface area contributed by atoms with Crippen LogP contribution < -0.4 is 0 Å². The van der Waals surface area contributed by atoms with E-state index >= 15 is 0 Å². The summed E-state index contributed by atoms with van der Waals surface area (Å²) in [6, 6.07) is 1.76. The molecule has 0 aromatic heterocycles. The van der Waals surface area contributed by atoms with Crippen LogP contribution >= 0.6 is 0 Å². The quantitative estimate of drug-likeness (QED) is 0.644. The molecule has 0 saturated carbocycles. The Morgan fingerprint density at radius 3 is 2.36 bits per heavy atom. The van der Waals surface area contributed by atoms with Crippen molar-refractivity contribution in [1.29, 1.82) is 5.26 Å². The Kier molecular flexibility index (Phi) is 3.89. The predicted octanol–water partition coefficient (Wildman–Crippen LogP) is 0.580. The first-order valence-electron chi connectivity index (χ1n) is 3.17. The van der Waals surface area contributed by atoms with Crippen LogP contribution in [0.4, 0.5) is 0 Å². The van der Waals surface area contributed by atoms with Crippen molar-refractivity contribution in [3.05, 3.63) is 0 Å². The summed E-state index contributed by atoms with van der Waals surface area (Å²) < 4.78 is 0. The average molecular weight is 155 g/mol. The normalized spacial score (nSPS) is 11.6. The van der Waals surface area contributed by atoms with Crippen LogP contribution in [-0.2, 0) is 9.59 Å². The van der Waals surface area contributed by atoms with Crippen LogP contribution in [-0.4, -0.2) is 16.9 Å². The van der Waals surface area contributed by atoms with Gasteiger partial charge in [-0.1, -0.05) is 0 Å². The molecule has 0 aliphatic carbocycles. The average Bonchev–Trinajstić information content (AvgIpc) is 1.84. The van der Waals surface area contributed by atoms with Crippen LogP contribution in [0.3, 0.4) is 0 Å². The van der Waals surface area contributed by atoms with Gasteiger partial charge in [0.15, 0.2) is 0 Å². The minimum Gasteiger partial charge on any atom is -0.481 e. The van der Waals surface area contributed by atoms with Gasteiger partial charge < -0.3 is 5.11 Å². The first-order chi connectivity index (χ1) is 5.06. The number of aliphatic carboxylic acids is 1. The second kappa shape index (κ2) is 4.45. The number of carbonyl (C=O) groups excluding carboxylic acids is 1. The van der Waals surface area contributed by atoms with Gasteiger partial charge in [-0.3, -0.25) is 9.59 Å². The van der Waals surface area contributed by atoms with Crippen molar-refractivity contribution < 1.29 is 14.7 Å². The van der Waals surface area contributed by atoms with Gasteiger partial charge in [-0.2, -0.15) is 5.26 Å². The van der Waals surface area contributed by atoms with E-state index in [-0.39, 0.29) is 18.6 Å². The molecule has 1 unspecified atom stereocenters. The minimum atomic E-state index is -1.04. The predicted molar refractivity (Wildman–Crippen MR) is 36.7 cm³/mol. The van der Waals surface area contributed by atoms with Crippen molar-refractivity contribution in [2.24, 2.45) is 5.92 Å². The maximum Gasteiger partial charge on any atom is 0.304 e. The molecule has 4 nitrogen and oxygen atoms in total. The lowest BCUT2D eigenvalue weighted by Crippen LogP contribution is -2.09. The summed E-state index contributed by atoms with van der Waals surface area (Å²) in [6.45, 7) is 1.34. The molecule has 0 heterocycles. The zero-order chi connectivity index (χ0) is 8.85. The highest BCUT2D eigenvalue weighted by atomic mass is 16.4. The third-order valence-electron chi connectivity index (χ3n) is 1.14. The molecular weight excluding hydrogens is 146 g/mol. The molecule has 0 amide bonds. The molecule has 0 fully saturated rings. The molecule has 0 spiro atoms. The number of carbonyl (C=O) groups is 2. The minimum absolute atomic E-state index is 0.0306. The van der Waals surface area contributed by atoms with Crippen LogP contribution in [0.1, 0.15) is 19.8 Å². The number of nitriles is 1. The van der Waals surface area contributed by atoms with Crippen molar-refractivity contribution in [3.8, 4) is 6.07 Å². The molecule has 0 saturated heterocycles. The van der Waals surface area contributed by atoms with Crippen molar-refractivity contribution in [2.75, 3.05) is 0 Å². The van der Waals surface area contributed by atoms with Crippen LogP contribution in [0.15, 0.2) is 0 Å². The second-order valence-corrected chi connectivity index (χ2v) is 2.33. The smallest absolute Gasteiger partial charge is 0.304 e. The van der Waals surface area contributed by atoms with Gasteiger partial charge >= 0.3 is 5.97 Å². The summed E-state index contributed by atoms with van der Waals surface area (Å²) >= 11 is 0. The van der Waals surface area contributed by atoms with Crippen molar-refractivity contribution >= 4 is 11.8 Å². The molecule has 0 rings (SSSR count). The Balaban J connectivity index is 3.89. The van der Waals surface area contributed by atoms with E-state index in [4.69, 9.17) is 10.4 Å². The summed E-state index contributed by atoms with van der Waals surface area (Å²) in [5, 5.41) is 16.6. The van der Waals surface area contributed by atoms with Crippen LogP contribution in [0.25, 0.3) is 0 Å². The fourth-order valence-corrected chi connectivity index (χ4v) is 0.721. The van der Waals surface area contributed by atoms with Crippen molar-refractivity contribution in [3.63, 3.8) is 0 Å². The fraction of sp³-hybridized carbons (Fsp3) is 0.571. The molecule has 0 aromatic carbocycles. The lowest BCUT2D eigenvalue weighted by Gasteiger charge is -2.00. The van der Waals surface area contributed by atoms with E-state index in [1.54, 1.807) is 6.07 Å². The molecule has 0 aromatic rings. The van der Waals surface area contributed by atoms with E-state index in [0.717, 1.165) is 0 Å². The SMILES string of the molecule is CC(=O)CC(C#N)CC(=O)O. The van der Waals surface area contributed by atoms with Crippen LogP contribution in [0, 0.1) is 17.2 Å². The summed E-state index contributed by atoms with van der Waals surface area (Å²) in [6.07, 6.45) is -0.223. The van der Waals surface area contributed by atoms with Gasteiger partial charge in [0.2, 0.25) is 0 Å². The Morgan fingerprint density at radius 1 is 1.55 bits per heavy atom. The summed E-state index contributed by atoms with van der Waals surface area (Å²) in [5.41, 5.74) is 0. The fourth-order valence-electron chi connectivity index (χ4n) is 0.721. The number of carboxylic acids is 1. The molecule has 1 N–H and O–H groups in total. The van der Waals surface area contributed by atoms with Crippen LogP contribution in [0.2, 0.25) is 0 Å². The lowest BCUT2D eigenvalue weighted by atomic mass is 10.0. The standard InChI is InChI=1S/C7H9NO3/c1-5(9)2-6(4-8)3-7(10)11/h6H,2-3H2,1H3,(H,10,11). The van der Waals surface area contributed by atoms with E-state index in [2.05, 4.69) is 0 Å². The van der Waals surface area contributed by atoms with Crippen LogP contribution in [0.5, 0.6) is 0 Å². The number of carboxylic acid groups (broad SMARTS) is 1. The Hall–Kier alpha value is -1.37. The maximum absolute atomic E-state index is 10.5. The summed E-state index contributed by atoms with van der Waals surface area (Å²) in [4.78, 5) is 20.5. The highest BCUT2D eigenvalue weighted by Gasteiger charge is 2.13. The van der Waals surface area contributed by atoms with Gasteiger partial charge in [0.25, 0.3) is 0 Å². The Morgan fingerprint density at radius 2 is 2.09 bits per heavy atom. The van der Waals surface area contributed by atoms with E-state index < -0.39 is 11.9 Å². The van der Waals surface area contributed by atoms with E-state index in [0.29, 0.717) is 0 Å². The van der Waals surface area contributed by atoms with E-state index in [1.165, 1.54) is 6.92 Å². The summed E-state index contributed by atoms with van der Waals surface area (Å²) in [7, 11) is 0. The van der Waals surface area contributed by atoms with Gasteiger partial charge in [0.05, 0.1) is 18.4 Å². The largest absolute Gasteiger partial charge is 0.481 e. The lowest BCUT2D eigenvalue weighted by molar-refractivity contribution is -0.137. The molecule has 0 aliphatic heterocycles. The number of ketones is 1. The topological polar surface area (TPSA) is 78.2 Å². The Bertz CT molecular complexity index is 188. The second-order valence-electron chi connectivity index (χ2n) is 2.33. The van der Waals surface area contributed by atoms with Gasteiger partial charge in [-0.05, 0) is 6.92 Å². The number of rotatable bonds is 4. The highest BCUT2D eigenvalue weighted by molar-refractivity contribution is 5.77. The molecule has 0 radical (unpaired) electrons. The number of nitrogens with zero attached hydrogens (tertiary/aromatic N) is 1. The third-order valence-corrected chi connectivity index (χ3v) is 1.14. The third kappa shape index (κ3) is 5.09. The van der Waals surface area contributed by atoms with Gasteiger partial charge in [-0.25, -0.2) is 0 Å². The number of Topliss-reactive ketones (excluding diaryl/α,β-unsaturated/α-hetero) is 1. The van der Waals surface area contributed by atoms with Gasteiger partial charge in [-0.15, -0.1) is 0 Å². The number of hydrogen-bond donors (Lipinski definition) is 1. The zero-order valence-electron chi connectivity index (χ0n) is 6.20. The molecule has 60 valence electrons. The molecular formula is C7H9NO3. The number of hydrogen-bond acceptors (Lipinski definition) is 3. The monoisotopic (exact) mass is 155 g/mol. The van der Waals surface area contributed by atoms with Gasteiger partial charge in [0.1, 0.15) is 5.78 Å². The van der Waals surface area contributed by atoms with Crippen molar-refractivity contribution in [2.45, 2.75) is 19.8 Å². The Labute approximate surface area is 64.4 Å². The molecule has 0 aliphatic rings. The maximum atomic E-state index is 10.5. The van der Waals surface area contributed by atoms with E-state index in [9.17, 15) is 9.59 Å². The molecule has 1 atom stereocenters. The van der Waals surface area contributed by atoms with Gasteiger partial charge in [0, 0.05) is 6.42 Å². The van der Waals surface area contributed by atoms with Crippen molar-refractivity contribution in [1.82, 2.24) is 0 Å².